The topological polar surface area (TPSA) is 88.8 Å². The molecular formula is C22H30N2O5S. The molecule has 1 aromatic heterocycles. The second-order valence-corrected chi connectivity index (χ2v) is 10.2. The van der Waals surface area contributed by atoms with Gasteiger partial charge in [-0.1, -0.05) is 13.8 Å². The van der Waals surface area contributed by atoms with Gasteiger partial charge in [-0.3, -0.25) is 4.79 Å². The summed E-state index contributed by atoms with van der Waals surface area (Å²) < 4.78 is 39.1. The summed E-state index contributed by atoms with van der Waals surface area (Å²) in [5.74, 6) is 1.80. The average molecular weight is 435 g/mol. The Kier molecular flexibility index (Phi) is 6.57. The van der Waals surface area contributed by atoms with Crippen LogP contribution in [-0.4, -0.2) is 38.8 Å². The minimum atomic E-state index is -3.79. The first kappa shape index (κ1) is 22.4. The van der Waals surface area contributed by atoms with Crippen LogP contribution in [0.2, 0.25) is 0 Å². The van der Waals surface area contributed by atoms with Gasteiger partial charge in [-0.25, -0.2) is 8.42 Å². The van der Waals surface area contributed by atoms with Crippen molar-refractivity contribution in [2.24, 2.45) is 11.8 Å². The maximum absolute atomic E-state index is 13.4. The molecule has 8 heteroatoms. The fourth-order valence-corrected chi connectivity index (χ4v) is 5.86. The van der Waals surface area contributed by atoms with Crippen molar-refractivity contribution in [1.82, 2.24) is 9.62 Å². The van der Waals surface area contributed by atoms with Gasteiger partial charge in [-0.05, 0) is 62.4 Å². The fourth-order valence-electron chi connectivity index (χ4n) is 4.00. The molecule has 1 aromatic carbocycles. The van der Waals surface area contributed by atoms with E-state index in [1.807, 2.05) is 26.0 Å². The summed E-state index contributed by atoms with van der Waals surface area (Å²) in [6.45, 7) is 8.67. The Morgan fingerprint density at radius 3 is 2.43 bits per heavy atom. The SMILES string of the molecule is COc1ccc(C(=O)NC(C)c2ccc(C)o2)cc1S(=O)(=O)N1CC(C)CC(C)C1. The normalized spacial score (nSPS) is 21.2. The van der Waals surface area contributed by atoms with Crippen molar-refractivity contribution in [3.8, 4) is 5.75 Å². The highest BCUT2D eigenvalue weighted by Crippen LogP contribution is 2.32. The second kappa shape index (κ2) is 8.81. The number of piperidine rings is 1. The average Bonchev–Trinajstić information content (AvgIpc) is 3.13. The van der Waals surface area contributed by atoms with Crippen LogP contribution < -0.4 is 10.1 Å². The molecule has 30 heavy (non-hydrogen) atoms. The molecule has 0 bridgehead atoms. The number of methoxy groups -OCH3 is 1. The molecule has 164 valence electrons. The summed E-state index contributed by atoms with van der Waals surface area (Å²) in [5.41, 5.74) is 0.252. The first-order valence-corrected chi connectivity index (χ1v) is 11.6. The molecule has 0 saturated carbocycles. The third-order valence-corrected chi connectivity index (χ3v) is 7.27. The van der Waals surface area contributed by atoms with Gasteiger partial charge >= 0.3 is 0 Å². The highest BCUT2D eigenvalue weighted by atomic mass is 32.2. The number of ether oxygens (including phenoxy) is 1. The zero-order chi connectivity index (χ0) is 22.1. The van der Waals surface area contributed by atoms with Gasteiger partial charge in [-0.15, -0.1) is 0 Å². The minimum absolute atomic E-state index is 0.0143. The van der Waals surface area contributed by atoms with Crippen molar-refractivity contribution in [2.45, 2.75) is 45.1 Å². The number of carbonyl (C=O) groups excluding carboxylic acids is 1. The van der Waals surface area contributed by atoms with E-state index in [4.69, 9.17) is 9.15 Å². The number of amides is 1. The molecule has 1 aliphatic heterocycles. The van der Waals surface area contributed by atoms with Crippen LogP contribution in [0.25, 0.3) is 0 Å². The first-order valence-electron chi connectivity index (χ1n) is 10.2. The van der Waals surface area contributed by atoms with Crippen LogP contribution in [0, 0.1) is 18.8 Å². The van der Waals surface area contributed by atoms with E-state index in [2.05, 4.69) is 19.2 Å². The van der Waals surface area contributed by atoms with E-state index in [1.165, 1.54) is 23.5 Å². The fraction of sp³-hybridized carbons (Fsp3) is 0.500. The minimum Gasteiger partial charge on any atom is -0.495 e. The van der Waals surface area contributed by atoms with Crippen LogP contribution in [-0.2, 0) is 10.0 Å². The van der Waals surface area contributed by atoms with Crippen LogP contribution in [0.1, 0.15) is 55.1 Å². The molecule has 0 spiro atoms. The number of carbonyl (C=O) groups is 1. The Labute approximate surface area is 178 Å². The van der Waals surface area contributed by atoms with E-state index in [0.717, 1.165) is 12.2 Å². The van der Waals surface area contributed by atoms with Gasteiger partial charge in [0.2, 0.25) is 10.0 Å². The molecule has 3 unspecified atom stereocenters. The van der Waals surface area contributed by atoms with Crippen molar-refractivity contribution in [1.29, 1.82) is 0 Å². The second-order valence-electron chi connectivity index (χ2n) is 8.28. The number of aryl methyl sites for hydroxylation is 1. The number of furan rings is 1. The van der Waals surface area contributed by atoms with E-state index in [0.29, 0.717) is 18.8 Å². The van der Waals surface area contributed by atoms with E-state index >= 15 is 0 Å². The number of hydrogen-bond donors (Lipinski definition) is 1. The highest BCUT2D eigenvalue weighted by molar-refractivity contribution is 7.89. The summed E-state index contributed by atoms with van der Waals surface area (Å²) in [6.07, 6.45) is 0.996. The summed E-state index contributed by atoms with van der Waals surface area (Å²) in [7, 11) is -2.37. The van der Waals surface area contributed by atoms with Gasteiger partial charge in [0.05, 0.1) is 13.2 Å². The van der Waals surface area contributed by atoms with E-state index in [9.17, 15) is 13.2 Å². The molecule has 1 amide bonds. The molecule has 3 rings (SSSR count). The lowest BCUT2D eigenvalue weighted by molar-refractivity contribution is 0.0935. The van der Waals surface area contributed by atoms with Crippen molar-refractivity contribution in [3.05, 3.63) is 47.4 Å². The van der Waals surface area contributed by atoms with Crippen molar-refractivity contribution >= 4 is 15.9 Å². The Bertz CT molecular complexity index is 1000. The summed E-state index contributed by atoms with van der Waals surface area (Å²) in [6, 6.07) is 7.78. The molecule has 0 radical (unpaired) electrons. The van der Waals surface area contributed by atoms with Gasteiger partial charge in [0.25, 0.3) is 5.91 Å². The highest BCUT2D eigenvalue weighted by Gasteiger charge is 2.34. The molecule has 0 aliphatic carbocycles. The van der Waals surface area contributed by atoms with Crippen molar-refractivity contribution in [3.63, 3.8) is 0 Å². The van der Waals surface area contributed by atoms with Crippen LogP contribution in [0.4, 0.5) is 0 Å². The Hall–Kier alpha value is -2.32. The summed E-state index contributed by atoms with van der Waals surface area (Å²) in [4.78, 5) is 12.8. The Morgan fingerprint density at radius 1 is 1.20 bits per heavy atom. The van der Waals surface area contributed by atoms with Crippen LogP contribution in [0.5, 0.6) is 5.75 Å². The third-order valence-electron chi connectivity index (χ3n) is 5.41. The van der Waals surface area contributed by atoms with E-state index < -0.39 is 10.0 Å². The number of nitrogens with zero attached hydrogens (tertiary/aromatic N) is 1. The first-order chi connectivity index (χ1) is 14.1. The van der Waals surface area contributed by atoms with E-state index in [-0.39, 0.29) is 40.0 Å². The van der Waals surface area contributed by atoms with Gasteiger partial charge < -0.3 is 14.5 Å². The molecule has 7 nitrogen and oxygen atoms in total. The summed E-state index contributed by atoms with van der Waals surface area (Å²) in [5, 5.41) is 2.85. The lowest BCUT2D eigenvalue weighted by Crippen LogP contribution is -2.42. The van der Waals surface area contributed by atoms with Crippen LogP contribution in [0.3, 0.4) is 0 Å². The standard InChI is InChI=1S/C22H30N2O5S/c1-14-10-15(2)13-24(12-14)30(26,27)21-11-18(7-9-20(21)28-5)22(25)23-17(4)19-8-6-16(3)29-19/h6-9,11,14-15,17H,10,12-13H2,1-5H3,(H,23,25). The molecule has 2 aromatic rings. The number of rotatable bonds is 6. The number of nitrogens with one attached hydrogen (secondary N) is 1. The predicted octanol–water partition coefficient (Wildman–Crippen LogP) is 3.75. The van der Waals surface area contributed by atoms with Gasteiger partial charge in [0.15, 0.2) is 0 Å². The maximum atomic E-state index is 13.4. The smallest absolute Gasteiger partial charge is 0.251 e. The number of sulfonamides is 1. The predicted molar refractivity (Wildman–Crippen MR) is 114 cm³/mol. The third kappa shape index (κ3) is 4.70. The lowest BCUT2D eigenvalue weighted by Gasteiger charge is -2.34. The molecule has 1 N–H and O–H groups in total. The molecular weight excluding hydrogens is 404 g/mol. The van der Waals surface area contributed by atoms with Gasteiger partial charge in [0.1, 0.15) is 22.2 Å². The molecule has 1 fully saturated rings. The van der Waals surface area contributed by atoms with Crippen molar-refractivity contribution < 1.29 is 22.4 Å². The quantitative estimate of drug-likeness (QED) is 0.748. The largest absolute Gasteiger partial charge is 0.495 e. The molecule has 1 saturated heterocycles. The monoisotopic (exact) mass is 434 g/mol. The Morgan fingerprint density at radius 2 is 1.87 bits per heavy atom. The van der Waals surface area contributed by atoms with Crippen LogP contribution in [0.15, 0.2) is 39.6 Å². The zero-order valence-electron chi connectivity index (χ0n) is 18.1. The van der Waals surface area contributed by atoms with Crippen LogP contribution >= 0.6 is 0 Å². The number of hydrogen-bond acceptors (Lipinski definition) is 5. The van der Waals surface area contributed by atoms with Gasteiger partial charge in [-0.2, -0.15) is 4.31 Å². The molecule has 2 heterocycles. The number of benzene rings is 1. The summed E-state index contributed by atoms with van der Waals surface area (Å²) >= 11 is 0. The van der Waals surface area contributed by atoms with Gasteiger partial charge in [0, 0.05) is 18.7 Å². The maximum Gasteiger partial charge on any atom is 0.251 e. The van der Waals surface area contributed by atoms with E-state index in [1.54, 1.807) is 6.07 Å². The van der Waals surface area contributed by atoms with Crippen molar-refractivity contribution in [2.75, 3.05) is 20.2 Å². The Balaban J connectivity index is 1.88. The zero-order valence-corrected chi connectivity index (χ0v) is 19.0. The molecule has 3 atom stereocenters. The lowest BCUT2D eigenvalue weighted by atomic mass is 9.94. The molecule has 1 aliphatic rings.